The van der Waals surface area contributed by atoms with Gasteiger partial charge in [-0.05, 0) is 43.6 Å². The quantitative estimate of drug-likeness (QED) is 0.342. The number of aromatic nitrogens is 2. The molecule has 1 atom stereocenters. The lowest BCUT2D eigenvalue weighted by Gasteiger charge is -2.28. The highest BCUT2D eigenvalue weighted by atomic mass is 19.1. The van der Waals surface area contributed by atoms with E-state index in [1.807, 2.05) is 0 Å². The molecule has 3 aliphatic rings. The van der Waals surface area contributed by atoms with Crippen LogP contribution in [0, 0.1) is 5.82 Å². The number of amides is 1. The van der Waals surface area contributed by atoms with Gasteiger partial charge in [-0.15, -0.1) is 0 Å². The van der Waals surface area contributed by atoms with E-state index in [-0.39, 0.29) is 35.5 Å². The first kappa shape index (κ1) is 21.9. The molecule has 1 fully saturated rings. The van der Waals surface area contributed by atoms with Crippen LogP contribution in [0.4, 0.5) is 10.1 Å². The number of esters is 1. The van der Waals surface area contributed by atoms with Crippen LogP contribution in [0.1, 0.15) is 47.6 Å². The molecule has 180 valence electrons. The zero-order chi connectivity index (χ0) is 24.3. The van der Waals surface area contributed by atoms with E-state index in [1.165, 1.54) is 12.5 Å². The highest BCUT2D eigenvalue weighted by Crippen LogP contribution is 2.39. The molecule has 9 nitrogen and oxygen atoms in total. The highest BCUT2D eigenvalue weighted by Gasteiger charge is 2.35. The summed E-state index contributed by atoms with van der Waals surface area (Å²) in [5.41, 5.74) is 3.38. The van der Waals surface area contributed by atoms with Crippen molar-refractivity contribution in [2.24, 2.45) is 0 Å². The Hall–Kier alpha value is -3.63. The van der Waals surface area contributed by atoms with E-state index in [4.69, 9.17) is 9.72 Å². The standard InChI is InChI=1S/C25H23FN4O5/c26-18-8-19-13(6-20(18)27-12-31)15(9-29-4-2-1-3-5-29)16-10-30-21(22(16)28-19)7-14-17(24(30)33)11-35-25(34)23(14)32/h6-8,12,23,32H,1-5,9-11H2,(H,27,31). The van der Waals surface area contributed by atoms with Gasteiger partial charge in [0.05, 0.1) is 34.7 Å². The van der Waals surface area contributed by atoms with Crippen molar-refractivity contribution in [3.63, 3.8) is 0 Å². The topological polar surface area (TPSA) is 114 Å². The van der Waals surface area contributed by atoms with Gasteiger partial charge in [-0.3, -0.25) is 14.5 Å². The van der Waals surface area contributed by atoms with Gasteiger partial charge in [0.25, 0.3) is 5.56 Å². The highest BCUT2D eigenvalue weighted by molar-refractivity contribution is 5.92. The van der Waals surface area contributed by atoms with E-state index >= 15 is 0 Å². The number of rotatable bonds is 4. The molecule has 2 aromatic heterocycles. The number of fused-ring (bicyclic) bond motifs is 5. The maximum Gasteiger partial charge on any atom is 0.340 e. The molecule has 1 aromatic carbocycles. The van der Waals surface area contributed by atoms with E-state index < -0.39 is 17.9 Å². The largest absolute Gasteiger partial charge is 0.458 e. The van der Waals surface area contributed by atoms with Gasteiger partial charge in [-0.2, -0.15) is 0 Å². The fourth-order valence-electron chi connectivity index (χ4n) is 5.43. The minimum absolute atomic E-state index is 0.0658. The van der Waals surface area contributed by atoms with Crippen LogP contribution in [-0.2, 0) is 34.0 Å². The molecule has 3 aromatic rings. The third-order valence-electron chi connectivity index (χ3n) is 7.21. The maximum absolute atomic E-state index is 14.7. The summed E-state index contributed by atoms with van der Waals surface area (Å²) in [5, 5.41) is 13.5. The van der Waals surface area contributed by atoms with Gasteiger partial charge < -0.3 is 19.7 Å². The van der Waals surface area contributed by atoms with Gasteiger partial charge in [-0.1, -0.05) is 6.42 Å². The molecule has 1 saturated heterocycles. The summed E-state index contributed by atoms with van der Waals surface area (Å²) < 4.78 is 21.3. The van der Waals surface area contributed by atoms with Crippen molar-refractivity contribution in [2.75, 3.05) is 18.4 Å². The predicted molar refractivity (Wildman–Crippen MR) is 124 cm³/mol. The molecule has 5 heterocycles. The number of likely N-dealkylation sites (tertiary alicyclic amines) is 1. The van der Waals surface area contributed by atoms with Gasteiger partial charge in [0.1, 0.15) is 12.4 Å². The SMILES string of the molecule is O=CNc1cc2c(CN3CCCCC3)c3c(nc2cc1F)-c1cc2c(c(=O)n1C3)COC(=O)C2O. The van der Waals surface area contributed by atoms with Crippen LogP contribution in [0.25, 0.3) is 22.3 Å². The van der Waals surface area contributed by atoms with Crippen LogP contribution < -0.4 is 10.9 Å². The van der Waals surface area contributed by atoms with Crippen molar-refractivity contribution in [3.8, 4) is 11.4 Å². The Morgan fingerprint density at radius 3 is 2.74 bits per heavy atom. The summed E-state index contributed by atoms with van der Waals surface area (Å²) in [6.45, 7) is 2.54. The molecule has 2 N–H and O–H groups in total. The molecular formula is C25H23FN4O5. The molecule has 6 rings (SSSR count). The number of pyridine rings is 2. The lowest BCUT2D eigenvalue weighted by atomic mass is 9.97. The number of anilines is 1. The van der Waals surface area contributed by atoms with Crippen molar-refractivity contribution in [1.29, 1.82) is 0 Å². The average molecular weight is 478 g/mol. The monoisotopic (exact) mass is 478 g/mol. The average Bonchev–Trinajstić information content (AvgIpc) is 3.22. The second-order valence-corrected chi connectivity index (χ2v) is 9.23. The number of benzene rings is 1. The zero-order valence-corrected chi connectivity index (χ0v) is 18.8. The number of aliphatic hydroxyl groups excluding tert-OH is 1. The van der Waals surface area contributed by atoms with Gasteiger partial charge in [0, 0.05) is 29.1 Å². The third kappa shape index (κ3) is 3.43. The fourth-order valence-corrected chi connectivity index (χ4v) is 5.43. The Morgan fingerprint density at radius 1 is 1.17 bits per heavy atom. The Bertz CT molecular complexity index is 1460. The van der Waals surface area contributed by atoms with Crippen LogP contribution in [0.5, 0.6) is 0 Å². The molecule has 0 saturated carbocycles. The van der Waals surface area contributed by atoms with Crippen LogP contribution in [0.2, 0.25) is 0 Å². The van der Waals surface area contributed by atoms with Gasteiger partial charge in [0.2, 0.25) is 6.41 Å². The second kappa shape index (κ2) is 8.24. The predicted octanol–water partition coefficient (Wildman–Crippen LogP) is 2.21. The second-order valence-electron chi connectivity index (χ2n) is 9.23. The number of aliphatic hydroxyl groups is 1. The molecule has 1 unspecified atom stereocenters. The first-order chi connectivity index (χ1) is 17.0. The summed E-state index contributed by atoms with van der Waals surface area (Å²) >= 11 is 0. The summed E-state index contributed by atoms with van der Waals surface area (Å²) in [6, 6.07) is 4.50. The van der Waals surface area contributed by atoms with Gasteiger partial charge in [-0.25, -0.2) is 14.2 Å². The Morgan fingerprint density at radius 2 is 1.97 bits per heavy atom. The molecule has 10 heteroatoms. The van der Waals surface area contributed by atoms with E-state index in [0.29, 0.717) is 35.2 Å². The van der Waals surface area contributed by atoms with Crippen molar-refractivity contribution in [2.45, 2.75) is 45.1 Å². The number of hydrogen-bond acceptors (Lipinski definition) is 7. The number of carbonyl (C=O) groups excluding carboxylic acids is 2. The van der Waals surface area contributed by atoms with Crippen LogP contribution >= 0.6 is 0 Å². The van der Waals surface area contributed by atoms with E-state index in [2.05, 4.69) is 10.2 Å². The zero-order valence-electron chi connectivity index (χ0n) is 18.8. The molecule has 0 radical (unpaired) electrons. The number of cyclic esters (lactones) is 1. The van der Waals surface area contributed by atoms with Crippen LogP contribution in [0.3, 0.4) is 0 Å². The number of nitrogens with zero attached hydrogens (tertiary/aromatic N) is 3. The first-order valence-corrected chi connectivity index (χ1v) is 11.7. The number of piperidine rings is 1. The summed E-state index contributed by atoms with van der Waals surface area (Å²) in [6.07, 6.45) is 2.26. The minimum Gasteiger partial charge on any atom is -0.458 e. The van der Waals surface area contributed by atoms with E-state index in [1.54, 1.807) is 16.7 Å². The number of hydrogen-bond donors (Lipinski definition) is 2. The smallest absolute Gasteiger partial charge is 0.340 e. The molecule has 0 spiro atoms. The summed E-state index contributed by atoms with van der Waals surface area (Å²) in [7, 11) is 0. The van der Waals surface area contributed by atoms with E-state index in [0.717, 1.165) is 37.1 Å². The number of halogens is 1. The Labute approximate surface area is 199 Å². The molecule has 3 aliphatic heterocycles. The molecule has 1 amide bonds. The summed E-state index contributed by atoms with van der Waals surface area (Å²) in [5.74, 6) is -1.41. The van der Waals surface area contributed by atoms with Crippen molar-refractivity contribution in [3.05, 3.63) is 56.6 Å². The lowest BCUT2D eigenvalue weighted by molar-refractivity contribution is -0.157. The van der Waals surface area contributed by atoms with Gasteiger partial charge >= 0.3 is 5.97 Å². The van der Waals surface area contributed by atoms with Gasteiger partial charge in [0.15, 0.2) is 6.10 Å². The Kier molecular flexibility index (Phi) is 5.15. The van der Waals surface area contributed by atoms with Crippen LogP contribution in [0.15, 0.2) is 23.0 Å². The summed E-state index contributed by atoms with van der Waals surface area (Å²) in [4.78, 5) is 43.3. The molecular weight excluding hydrogens is 455 g/mol. The molecule has 0 bridgehead atoms. The van der Waals surface area contributed by atoms with Crippen molar-refractivity contribution < 1.29 is 23.8 Å². The van der Waals surface area contributed by atoms with Crippen molar-refractivity contribution >= 4 is 29.0 Å². The fraction of sp³-hybridized carbons (Fsp3) is 0.360. The lowest BCUT2D eigenvalue weighted by Crippen LogP contribution is -2.32. The number of carbonyl (C=O) groups is 2. The Balaban J connectivity index is 1.58. The maximum atomic E-state index is 14.7. The normalized spacial score (nSPS) is 19.1. The van der Waals surface area contributed by atoms with Crippen molar-refractivity contribution in [1.82, 2.24) is 14.5 Å². The number of nitrogens with one attached hydrogen (secondary N) is 1. The molecule has 35 heavy (non-hydrogen) atoms. The van der Waals surface area contributed by atoms with E-state index in [9.17, 15) is 23.9 Å². The third-order valence-corrected chi connectivity index (χ3v) is 7.21. The molecule has 0 aliphatic carbocycles. The van der Waals surface area contributed by atoms with Crippen LogP contribution in [-0.4, -0.2) is 45.0 Å². The minimum atomic E-state index is -1.54. The number of ether oxygens (including phenoxy) is 1. The first-order valence-electron chi connectivity index (χ1n) is 11.7.